The second-order valence-electron chi connectivity index (χ2n) is 4.26. The minimum absolute atomic E-state index is 0.214. The molecule has 0 saturated carbocycles. The second kappa shape index (κ2) is 5.66. The average molecular weight is 201 g/mol. The van der Waals surface area contributed by atoms with Crippen molar-refractivity contribution >= 4 is 0 Å². The first-order valence-corrected chi connectivity index (χ1v) is 5.38. The zero-order valence-electron chi connectivity index (χ0n) is 9.53. The van der Waals surface area contributed by atoms with Gasteiger partial charge in [0.15, 0.2) is 0 Å². The van der Waals surface area contributed by atoms with Gasteiger partial charge in [0.2, 0.25) is 0 Å². The van der Waals surface area contributed by atoms with Crippen LogP contribution in [0.25, 0.3) is 0 Å². The van der Waals surface area contributed by atoms with Gasteiger partial charge in [0.1, 0.15) is 0 Å². The SMILES string of the molecule is CNC(CO)CN1CCN(C)C(C)C1. The van der Waals surface area contributed by atoms with Crippen LogP contribution in [-0.4, -0.2) is 73.9 Å². The lowest BCUT2D eigenvalue weighted by Gasteiger charge is -2.38. The first kappa shape index (κ1) is 11.9. The highest BCUT2D eigenvalue weighted by Gasteiger charge is 2.21. The fraction of sp³-hybridized carbons (Fsp3) is 1.00. The molecule has 0 aliphatic carbocycles. The highest BCUT2D eigenvalue weighted by molar-refractivity contribution is 4.79. The molecule has 0 spiro atoms. The normalized spacial score (nSPS) is 27.9. The van der Waals surface area contributed by atoms with Crippen LogP contribution in [0.4, 0.5) is 0 Å². The largest absolute Gasteiger partial charge is 0.395 e. The van der Waals surface area contributed by atoms with Crippen LogP contribution in [0.1, 0.15) is 6.92 Å². The molecule has 0 aromatic carbocycles. The molecular weight excluding hydrogens is 178 g/mol. The Bertz CT molecular complexity index is 161. The van der Waals surface area contributed by atoms with E-state index in [0.29, 0.717) is 6.04 Å². The number of hydrogen-bond acceptors (Lipinski definition) is 4. The predicted octanol–water partition coefficient (Wildman–Crippen LogP) is -0.797. The lowest BCUT2D eigenvalue weighted by atomic mass is 10.2. The first-order valence-electron chi connectivity index (χ1n) is 5.38. The molecule has 1 rings (SSSR count). The van der Waals surface area contributed by atoms with Crippen LogP contribution in [0, 0.1) is 0 Å². The van der Waals surface area contributed by atoms with Crippen molar-refractivity contribution in [1.82, 2.24) is 15.1 Å². The van der Waals surface area contributed by atoms with E-state index in [9.17, 15) is 0 Å². The number of piperazine rings is 1. The van der Waals surface area contributed by atoms with Gasteiger partial charge in [0.05, 0.1) is 6.61 Å². The third kappa shape index (κ3) is 3.20. The van der Waals surface area contributed by atoms with E-state index in [-0.39, 0.29) is 12.6 Å². The Morgan fingerprint density at radius 1 is 1.50 bits per heavy atom. The molecule has 0 aromatic heterocycles. The van der Waals surface area contributed by atoms with E-state index in [1.807, 2.05) is 7.05 Å². The molecule has 2 atom stereocenters. The third-order valence-electron chi connectivity index (χ3n) is 3.15. The molecule has 0 bridgehead atoms. The van der Waals surface area contributed by atoms with E-state index >= 15 is 0 Å². The zero-order chi connectivity index (χ0) is 10.6. The standard InChI is InChI=1S/C10H23N3O/c1-9-6-13(5-4-12(9)3)7-10(8-14)11-2/h9-11,14H,4-8H2,1-3H3. The van der Waals surface area contributed by atoms with Crippen LogP contribution in [0.3, 0.4) is 0 Å². The summed E-state index contributed by atoms with van der Waals surface area (Å²) in [6.45, 7) is 6.76. The number of aliphatic hydroxyl groups is 1. The molecule has 14 heavy (non-hydrogen) atoms. The summed E-state index contributed by atoms with van der Waals surface area (Å²) in [7, 11) is 4.07. The van der Waals surface area contributed by atoms with Gasteiger partial charge in [0.25, 0.3) is 0 Å². The maximum absolute atomic E-state index is 9.07. The summed E-state index contributed by atoms with van der Waals surface area (Å²) in [5, 5.41) is 12.2. The van der Waals surface area contributed by atoms with Crippen molar-refractivity contribution in [2.75, 3.05) is 46.9 Å². The third-order valence-corrected chi connectivity index (χ3v) is 3.15. The van der Waals surface area contributed by atoms with E-state index in [4.69, 9.17) is 5.11 Å². The van der Waals surface area contributed by atoms with Crippen LogP contribution in [-0.2, 0) is 0 Å². The molecule has 1 aliphatic rings. The molecular formula is C10H23N3O. The Balaban J connectivity index is 2.32. The molecule has 1 saturated heterocycles. The summed E-state index contributed by atoms with van der Waals surface area (Å²) in [6.07, 6.45) is 0. The van der Waals surface area contributed by atoms with Crippen molar-refractivity contribution in [3.8, 4) is 0 Å². The van der Waals surface area contributed by atoms with Crippen LogP contribution in [0.15, 0.2) is 0 Å². The van der Waals surface area contributed by atoms with Crippen molar-refractivity contribution in [2.24, 2.45) is 0 Å². The highest BCUT2D eigenvalue weighted by Crippen LogP contribution is 2.06. The summed E-state index contributed by atoms with van der Waals surface area (Å²) in [6, 6.07) is 0.838. The number of nitrogens with zero attached hydrogens (tertiary/aromatic N) is 2. The van der Waals surface area contributed by atoms with Gasteiger partial charge < -0.3 is 15.3 Å². The quantitative estimate of drug-likeness (QED) is 0.625. The number of aliphatic hydroxyl groups excluding tert-OH is 1. The van der Waals surface area contributed by atoms with Crippen molar-refractivity contribution in [3.05, 3.63) is 0 Å². The molecule has 2 N–H and O–H groups in total. The fourth-order valence-corrected chi connectivity index (χ4v) is 1.84. The summed E-state index contributed by atoms with van der Waals surface area (Å²) >= 11 is 0. The minimum Gasteiger partial charge on any atom is -0.395 e. The van der Waals surface area contributed by atoms with E-state index in [2.05, 4.69) is 29.1 Å². The maximum Gasteiger partial charge on any atom is 0.0597 e. The van der Waals surface area contributed by atoms with Gasteiger partial charge in [-0.1, -0.05) is 0 Å². The van der Waals surface area contributed by atoms with Gasteiger partial charge in [-0.15, -0.1) is 0 Å². The summed E-state index contributed by atoms with van der Waals surface area (Å²) in [5.41, 5.74) is 0. The molecule has 4 nitrogen and oxygen atoms in total. The lowest BCUT2D eigenvalue weighted by molar-refractivity contribution is 0.0889. The van der Waals surface area contributed by atoms with Crippen LogP contribution >= 0.6 is 0 Å². The van der Waals surface area contributed by atoms with Crippen LogP contribution in [0.5, 0.6) is 0 Å². The number of rotatable bonds is 4. The Morgan fingerprint density at radius 3 is 2.71 bits per heavy atom. The molecule has 2 unspecified atom stereocenters. The Kier molecular flexibility index (Phi) is 4.81. The molecule has 4 heteroatoms. The van der Waals surface area contributed by atoms with Crippen molar-refractivity contribution in [2.45, 2.75) is 19.0 Å². The highest BCUT2D eigenvalue weighted by atomic mass is 16.3. The lowest BCUT2D eigenvalue weighted by Crippen LogP contribution is -2.53. The van der Waals surface area contributed by atoms with E-state index in [1.54, 1.807) is 0 Å². The number of hydrogen-bond donors (Lipinski definition) is 2. The van der Waals surface area contributed by atoms with Gasteiger partial charge in [-0.3, -0.25) is 4.90 Å². The van der Waals surface area contributed by atoms with Gasteiger partial charge >= 0.3 is 0 Å². The smallest absolute Gasteiger partial charge is 0.0597 e. The topological polar surface area (TPSA) is 38.7 Å². The molecule has 1 aliphatic heterocycles. The van der Waals surface area contributed by atoms with Gasteiger partial charge in [-0.05, 0) is 21.0 Å². The van der Waals surface area contributed by atoms with E-state index < -0.39 is 0 Å². The summed E-state index contributed by atoms with van der Waals surface area (Å²) in [5.74, 6) is 0. The molecule has 0 aromatic rings. The van der Waals surface area contributed by atoms with Crippen LogP contribution < -0.4 is 5.32 Å². The maximum atomic E-state index is 9.07. The molecule has 84 valence electrons. The van der Waals surface area contributed by atoms with Gasteiger partial charge in [-0.2, -0.15) is 0 Å². The number of likely N-dealkylation sites (N-methyl/N-ethyl adjacent to an activating group) is 2. The van der Waals surface area contributed by atoms with Crippen molar-refractivity contribution in [3.63, 3.8) is 0 Å². The summed E-state index contributed by atoms with van der Waals surface area (Å²) < 4.78 is 0. The van der Waals surface area contributed by atoms with Crippen molar-refractivity contribution in [1.29, 1.82) is 0 Å². The predicted molar refractivity (Wildman–Crippen MR) is 58.5 cm³/mol. The Labute approximate surface area is 86.9 Å². The Hall–Kier alpha value is -0.160. The minimum atomic E-state index is 0.214. The van der Waals surface area contributed by atoms with E-state index in [0.717, 1.165) is 26.2 Å². The van der Waals surface area contributed by atoms with Gasteiger partial charge in [-0.25, -0.2) is 0 Å². The zero-order valence-corrected chi connectivity index (χ0v) is 9.53. The monoisotopic (exact) mass is 201 g/mol. The fourth-order valence-electron chi connectivity index (χ4n) is 1.84. The molecule has 0 radical (unpaired) electrons. The molecule has 1 heterocycles. The first-order chi connectivity index (χ1) is 6.67. The number of nitrogens with one attached hydrogen (secondary N) is 1. The van der Waals surface area contributed by atoms with E-state index in [1.165, 1.54) is 0 Å². The summed E-state index contributed by atoms with van der Waals surface area (Å²) in [4.78, 5) is 4.80. The average Bonchev–Trinajstić information content (AvgIpc) is 2.19. The van der Waals surface area contributed by atoms with Gasteiger partial charge in [0, 0.05) is 38.3 Å². The molecule has 0 amide bonds. The second-order valence-corrected chi connectivity index (χ2v) is 4.26. The molecule has 1 fully saturated rings. The van der Waals surface area contributed by atoms with Crippen molar-refractivity contribution < 1.29 is 5.11 Å². The Morgan fingerprint density at radius 2 is 2.21 bits per heavy atom. The van der Waals surface area contributed by atoms with Crippen LogP contribution in [0.2, 0.25) is 0 Å².